The normalized spacial score (nSPS) is 10.8. The molecule has 0 aliphatic heterocycles. The standard InChI is InChI=1S/C14H14N6O2/c1-20-9-5-3-2-4-8(9)6-10(20)12(21)22-7-11-17-13(15)19-14(16)18-11/h2-6H,7H2,1H3,(H4,15,16,17,18,19). The summed E-state index contributed by atoms with van der Waals surface area (Å²) in [5.41, 5.74) is 12.3. The van der Waals surface area contributed by atoms with Gasteiger partial charge in [-0.05, 0) is 12.1 Å². The van der Waals surface area contributed by atoms with Gasteiger partial charge in [0, 0.05) is 18.0 Å². The quantitative estimate of drug-likeness (QED) is 0.688. The number of rotatable bonds is 3. The smallest absolute Gasteiger partial charge is 0.355 e. The number of anilines is 2. The van der Waals surface area contributed by atoms with Crippen molar-refractivity contribution < 1.29 is 9.53 Å². The first kappa shape index (κ1) is 13.8. The average molecular weight is 298 g/mol. The second kappa shape index (κ2) is 5.32. The molecule has 0 saturated heterocycles. The van der Waals surface area contributed by atoms with Crippen LogP contribution in [0.5, 0.6) is 0 Å². The number of esters is 1. The fourth-order valence-corrected chi connectivity index (χ4v) is 2.21. The average Bonchev–Trinajstić information content (AvgIpc) is 2.82. The lowest BCUT2D eigenvalue weighted by Crippen LogP contribution is -2.13. The molecular weight excluding hydrogens is 284 g/mol. The summed E-state index contributed by atoms with van der Waals surface area (Å²) in [6.07, 6.45) is 0. The first-order valence-electron chi connectivity index (χ1n) is 6.52. The molecule has 0 radical (unpaired) electrons. The number of hydrogen-bond donors (Lipinski definition) is 2. The molecular formula is C14H14N6O2. The van der Waals surface area contributed by atoms with Crippen LogP contribution in [0.3, 0.4) is 0 Å². The van der Waals surface area contributed by atoms with Gasteiger partial charge in [-0.25, -0.2) is 4.79 Å². The Hall–Kier alpha value is -3.16. The van der Waals surface area contributed by atoms with E-state index in [1.165, 1.54) is 0 Å². The second-order valence-corrected chi connectivity index (χ2v) is 4.69. The van der Waals surface area contributed by atoms with Crippen molar-refractivity contribution in [2.75, 3.05) is 11.5 Å². The molecule has 0 unspecified atom stereocenters. The summed E-state index contributed by atoms with van der Waals surface area (Å²) in [4.78, 5) is 23.6. The Balaban J connectivity index is 1.80. The van der Waals surface area contributed by atoms with Gasteiger partial charge in [-0.3, -0.25) is 0 Å². The third kappa shape index (κ3) is 2.53. The summed E-state index contributed by atoms with van der Waals surface area (Å²) in [5.74, 6) is -0.292. The van der Waals surface area contributed by atoms with Crippen LogP contribution in [-0.2, 0) is 18.4 Å². The summed E-state index contributed by atoms with van der Waals surface area (Å²) >= 11 is 0. The van der Waals surface area contributed by atoms with Crippen molar-refractivity contribution in [1.29, 1.82) is 0 Å². The van der Waals surface area contributed by atoms with E-state index in [-0.39, 0.29) is 24.3 Å². The molecule has 0 amide bonds. The Morgan fingerprint density at radius 2 is 1.86 bits per heavy atom. The van der Waals surface area contributed by atoms with Crippen LogP contribution in [0, 0.1) is 0 Å². The van der Waals surface area contributed by atoms with Gasteiger partial charge in [0.05, 0.1) is 0 Å². The van der Waals surface area contributed by atoms with E-state index in [2.05, 4.69) is 15.0 Å². The van der Waals surface area contributed by atoms with Gasteiger partial charge >= 0.3 is 5.97 Å². The second-order valence-electron chi connectivity index (χ2n) is 4.69. The number of nitrogens with two attached hydrogens (primary N) is 2. The third-order valence-electron chi connectivity index (χ3n) is 3.21. The van der Waals surface area contributed by atoms with Crippen LogP contribution in [0.25, 0.3) is 10.9 Å². The predicted octanol–water partition coefficient (Wildman–Crippen LogP) is 0.885. The van der Waals surface area contributed by atoms with Crippen LogP contribution >= 0.6 is 0 Å². The van der Waals surface area contributed by atoms with Crippen molar-refractivity contribution in [2.45, 2.75) is 6.61 Å². The van der Waals surface area contributed by atoms with Gasteiger partial charge in [-0.15, -0.1) is 0 Å². The molecule has 0 fully saturated rings. The molecule has 1 aromatic carbocycles. The maximum atomic E-state index is 12.2. The van der Waals surface area contributed by atoms with Gasteiger partial charge in [-0.2, -0.15) is 15.0 Å². The number of aromatic nitrogens is 4. The van der Waals surface area contributed by atoms with E-state index in [4.69, 9.17) is 16.2 Å². The van der Waals surface area contributed by atoms with Crippen molar-refractivity contribution in [3.05, 3.63) is 41.9 Å². The molecule has 2 aromatic heterocycles. The molecule has 0 atom stereocenters. The van der Waals surface area contributed by atoms with Crippen LogP contribution in [0.2, 0.25) is 0 Å². The summed E-state index contributed by atoms with van der Waals surface area (Å²) in [5, 5.41) is 0.964. The van der Waals surface area contributed by atoms with Crippen LogP contribution < -0.4 is 11.5 Å². The number of nitrogen functional groups attached to an aromatic ring is 2. The summed E-state index contributed by atoms with van der Waals surface area (Å²) < 4.78 is 6.98. The fourth-order valence-electron chi connectivity index (χ4n) is 2.21. The van der Waals surface area contributed by atoms with Gasteiger partial charge in [0.25, 0.3) is 0 Å². The number of carbonyl (C=O) groups is 1. The number of para-hydroxylation sites is 1. The summed E-state index contributed by atoms with van der Waals surface area (Å²) in [6, 6.07) is 9.45. The first-order chi connectivity index (χ1) is 10.5. The van der Waals surface area contributed by atoms with E-state index in [9.17, 15) is 4.79 Å². The molecule has 4 N–H and O–H groups in total. The number of ether oxygens (including phenoxy) is 1. The zero-order valence-electron chi connectivity index (χ0n) is 11.9. The minimum Gasteiger partial charge on any atom is -0.453 e. The van der Waals surface area contributed by atoms with Crippen LogP contribution in [0.15, 0.2) is 30.3 Å². The Labute approximate surface area is 125 Å². The van der Waals surface area contributed by atoms with Crippen molar-refractivity contribution in [2.24, 2.45) is 7.05 Å². The SMILES string of the molecule is Cn1c(C(=O)OCc2nc(N)nc(N)n2)cc2ccccc21. The largest absolute Gasteiger partial charge is 0.453 e. The molecule has 8 nitrogen and oxygen atoms in total. The minimum absolute atomic E-state index is 0.0110. The number of carbonyl (C=O) groups excluding carboxylic acids is 1. The van der Waals surface area contributed by atoms with Crippen molar-refractivity contribution in [1.82, 2.24) is 19.5 Å². The lowest BCUT2D eigenvalue weighted by Gasteiger charge is -2.06. The molecule has 22 heavy (non-hydrogen) atoms. The van der Waals surface area contributed by atoms with Crippen LogP contribution in [-0.4, -0.2) is 25.5 Å². The Morgan fingerprint density at radius 3 is 2.55 bits per heavy atom. The number of aryl methyl sites for hydroxylation is 1. The lowest BCUT2D eigenvalue weighted by molar-refractivity contribution is 0.0451. The van der Waals surface area contributed by atoms with Crippen molar-refractivity contribution >= 4 is 28.8 Å². The molecule has 0 bridgehead atoms. The van der Waals surface area contributed by atoms with Gasteiger partial charge in [0.1, 0.15) is 5.69 Å². The lowest BCUT2D eigenvalue weighted by atomic mass is 10.2. The number of benzene rings is 1. The molecule has 0 saturated carbocycles. The highest BCUT2D eigenvalue weighted by molar-refractivity contribution is 5.95. The van der Waals surface area contributed by atoms with Gasteiger partial charge in [-0.1, -0.05) is 18.2 Å². The number of fused-ring (bicyclic) bond motifs is 1. The highest BCUT2D eigenvalue weighted by Crippen LogP contribution is 2.19. The van der Waals surface area contributed by atoms with E-state index in [0.717, 1.165) is 10.9 Å². The molecule has 8 heteroatoms. The topological polar surface area (TPSA) is 122 Å². The van der Waals surface area contributed by atoms with Crippen LogP contribution in [0.4, 0.5) is 11.9 Å². The minimum atomic E-state index is -0.476. The molecule has 3 aromatic rings. The van der Waals surface area contributed by atoms with E-state index >= 15 is 0 Å². The van der Waals surface area contributed by atoms with E-state index < -0.39 is 5.97 Å². The highest BCUT2D eigenvalue weighted by atomic mass is 16.5. The summed E-state index contributed by atoms with van der Waals surface area (Å²) in [7, 11) is 1.80. The maximum absolute atomic E-state index is 12.2. The van der Waals surface area contributed by atoms with Crippen molar-refractivity contribution in [3.63, 3.8) is 0 Å². The number of nitrogens with zero attached hydrogens (tertiary/aromatic N) is 4. The fraction of sp³-hybridized carbons (Fsp3) is 0.143. The number of hydrogen-bond acceptors (Lipinski definition) is 7. The van der Waals surface area contributed by atoms with Gasteiger partial charge < -0.3 is 20.8 Å². The molecule has 112 valence electrons. The van der Waals surface area contributed by atoms with E-state index in [1.54, 1.807) is 17.7 Å². The first-order valence-corrected chi connectivity index (χ1v) is 6.52. The zero-order valence-corrected chi connectivity index (χ0v) is 11.9. The summed E-state index contributed by atoms with van der Waals surface area (Å²) in [6.45, 7) is -0.128. The Kier molecular flexibility index (Phi) is 3.34. The van der Waals surface area contributed by atoms with Crippen LogP contribution in [0.1, 0.15) is 16.3 Å². The zero-order chi connectivity index (χ0) is 15.7. The molecule has 0 aliphatic rings. The van der Waals surface area contributed by atoms with Crippen molar-refractivity contribution in [3.8, 4) is 0 Å². The van der Waals surface area contributed by atoms with Gasteiger partial charge in [0.2, 0.25) is 11.9 Å². The Morgan fingerprint density at radius 1 is 1.18 bits per heavy atom. The maximum Gasteiger partial charge on any atom is 0.355 e. The monoisotopic (exact) mass is 298 g/mol. The van der Waals surface area contributed by atoms with E-state index in [1.807, 2.05) is 24.3 Å². The van der Waals surface area contributed by atoms with Gasteiger partial charge in [0.15, 0.2) is 12.4 Å². The predicted molar refractivity (Wildman–Crippen MR) is 80.7 cm³/mol. The Bertz CT molecular complexity index is 837. The molecule has 3 rings (SSSR count). The third-order valence-corrected chi connectivity index (χ3v) is 3.21. The molecule has 2 heterocycles. The highest BCUT2D eigenvalue weighted by Gasteiger charge is 2.15. The van der Waals surface area contributed by atoms with E-state index in [0.29, 0.717) is 5.69 Å². The molecule has 0 spiro atoms. The molecule has 0 aliphatic carbocycles.